The summed E-state index contributed by atoms with van der Waals surface area (Å²) in [5.41, 5.74) is 0.643. The highest BCUT2D eigenvalue weighted by atomic mass is 19.3. The summed E-state index contributed by atoms with van der Waals surface area (Å²) >= 11 is 0. The van der Waals surface area contributed by atoms with Crippen LogP contribution in [0.25, 0.3) is 0 Å². The van der Waals surface area contributed by atoms with Gasteiger partial charge in [0.2, 0.25) is 0 Å². The topological polar surface area (TPSA) is 45.7 Å². The summed E-state index contributed by atoms with van der Waals surface area (Å²) in [6.07, 6.45) is 0. The number of nitrogens with one attached hydrogen (secondary N) is 2. The molecular weight excluding hydrogens is 228 g/mol. The predicted molar refractivity (Wildman–Crippen MR) is 62.3 cm³/mol. The standard InChI is InChI=1S/C11H15F2N3O/c1-14-11(15-2)16-7-8-5-3-4-6-9(8)17-10(12)13/h3-6,10H,7H2,1-2H3,(H2,14,15,16). The van der Waals surface area contributed by atoms with E-state index in [2.05, 4.69) is 20.4 Å². The van der Waals surface area contributed by atoms with Gasteiger partial charge in [-0.15, -0.1) is 0 Å². The minimum atomic E-state index is -2.82. The first-order valence-corrected chi connectivity index (χ1v) is 5.08. The maximum atomic E-state index is 12.2. The Bertz CT molecular complexity index is 383. The zero-order valence-electron chi connectivity index (χ0n) is 9.71. The number of ether oxygens (including phenoxy) is 1. The summed E-state index contributed by atoms with van der Waals surface area (Å²) in [6, 6.07) is 6.63. The smallest absolute Gasteiger partial charge is 0.387 e. The lowest BCUT2D eigenvalue weighted by Crippen LogP contribution is -2.34. The van der Waals surface area contributed by atoms with Gasteiger partial charge in [0.05, 0.1) is 0 Å². The molecule has 4 nitrogen and oxygen atoms in total. The Balaban J connectivity index is 2.70. The van der Waals surface area contributed by atoms with Crippen LogP contribution in [0, 0.1) is 0 Å². The van der Waals surface area contributed by atoms with Crippen molar-refractivity contribution >= 4 is 5.96 Å². The monoisotopic (exact) mass is 243 g/mol. The van der Waals surface area contributed by atoms with Gasteiger partial charge >= 0.3 is 6.61 Å². The molecule has 0 aliphatic heterocycles. The van der Waals surface area contributed by atoms with Crippen LogP contribution in [0.2, 0.25) is 0 Å². The Hall–Kier alpha value is -1.85. The van der Waals surface area contributed by atoms with E-state index in [1.165, 1.54) is 6.07 Å². The number of guanidine groups is 1. The third kappa shape index (κ3) is 4.26. The average Bonchev–Trinajstić information content (AvgIpc) is 2.31. The highest BCUT2D eigenvalue weighted by molar-refractivity contribution is 5.79. The van der Waals surface area contributed by atoms with Crippen LogP contribution in [0.15, 0.2) is 29.3 Å². The lowest BCUT2D eigenvalue weighted by atomic mass is 10.2. The van der Waals surface area contributed by atoms with Crippen molar-refractivity contribution in [1.82, 2.24) is 10.6 Å². The number of hydrogen-bond acceptors (Lipinski definition) is 2. The molecule has 0 bridgehead atoms. The highest BCUT2D eigenvalue weighted by Crippen LogP contribution is 2.19. The van der Waals surface area contributed by atoms with Gasteiger partial charge in [-0.2, -0.15) is 8.78 Å². The molecule has 0 radical (unpaired) electrons. The second-order valence-corrected chi connectivity index (χ2v) is 3.16. The fraction of sp³-hybridized carbons (Fsp3) is 0.364. The van der Waals surface area contributed by atoms with Gasteiger partial charge in [0, 0.05) is 26.2 Å². The fourth-order valence-electron chi connectivity index (χ4n) is 1.32. The summed E-state index contributed by atoms with van der Waals surface area (Å²) in [4.78, 5) is 3.92. The predicted octanol–water partition coefficient (Wildman–Crippen LogP) is 1.58. The summed E-state index contributed by atoms with van der Waals surface area (Å²) in [6.45, 7) is -2.46. The summed E-state index contributed by atoms with van der Waals surface area (Å²) in [5, 5.41) is 5.80. The minimum Gasteiger partial charge on any atom is -0.434 e. The van der Waals surface area contributed by atoms with Gasteiger partial charge in [-0.3, -0.25) is 4.99 Å². The van der Waals surface area contributed by atoms with E-state index in [-0.39, 0.29) is 5.75 Å². The second kappa shape index (κ2) is 6.67. The summed E-state index contributed by atoms with van der Waals surface area (Å²) in [5.74, 6) is 0.749. The van der Waals surface area contributed by atoms with Crippen molar-refractivity contribution in [2.24, 2.45) is 4.99 Å². The second-order valence-electron chi connectivity index (χ2n) is 3.16. The first-order valence-electron chi connectivity index (χ1n) is 5.08. The van der Waals surface area contributed by atoms with Crippen LogP contribution in [0.4, 0.5) is 8.78 Å². The van der Waals surface area contributed by atoms with Crippen molar-refractivity contribution in [2.75, 3.05) is 14.1 Å². The van der Waals surface area contributed by atoms with Crippen LogP contribution >= 0.6 is 0 Å². The molecule has 94 valence electrons. The van der Waals surface area contributed by atoms with E-state index < -0.39 is 6.61 Å². The van der Waals surface area contributed by atoms with Gasteiger partial charge in [-0.05, 0) is 6.07 Å². The van der Waals surface area contributed by atoms with Crippen molar-refractivity contribution in [3.63, 3.8) is 0 Å². The van der Waals surface area contributed by atoms with Gasteiger partial charge in [0.15, 0.2) is 5.96 Å². The molecule has 1 rings (SSSR count). The Labute approximate surface area is 98.7 Å². The Morgan fingerprint density at radius 1 is 1.41 bits per heavy atom. The molecule has 0 atom stereocenters. The molecule has 2 N–H and O–H groups in total. The largest absolute Gasteiger partial charge is 0.434 e. The molecule has 0 aliphatic carbocycles. The van der Waals surface area contributed by atoms with Crippen LogP contribution < -0.4 is 15.4 Å². The molecule has 6 heteroatoms. The van der Waals surface area contributed by atoms with Gasteiger partial charge in [-0.25, -0.2) is 0 Å². The average molecular weight is 243 g/mol. The Kier molecular flexibility index (Phi) is 5.19. The van der Waals surface area contributed by atoms with Crippen LogP contribution in [0.5, 0.6) is 5.75 Å². The molecular formula is C11H15F2N3O. The van der Waals surface area contributed by atoms with Crippen molar-refractivity contribution in [2.45, 2.75) is 13.2 Å². The minimum absolute atomic E-state index is 0.168. The summed E-state index contributed by atoms with van der Waals surface area (Å²) in [7, 11) is 3.34. The van der Waals surface area contributed by atoms with Crippen LogP contribution in [0.1, 0.15) is 5.56 Å². The number of rotatable bonds is 4. The van der Waals surface area contributed by atoms with Gasteiger partial charge in [-0.1, -0.05) is 18.2 Å². The number of para-hydroxylation sites is 1. The number of aliphatic imine (C=N–C) groups is 1. The molecule has 0 unspecified atom stereocenters. The molecule has 0 amide bonds. The molecule has 0 fully saturated rings. The third-order valence-corrected chi connectivity index (χ3v) is 2.10. The van der Waals surface area contributed by atoms with Crippen molar-refractivity contribution in [3.05, 3.63) is 29.8 Å². The van der Waals surface area contributed by atoms with Gasteiger partial charge in [0.1, 0.15) is 5.75 Å². The maximum absolute atomic E-state index is 12.2. The van der Waals surface area contributed by atoms with Crippen LogP contribution in [-0.4, -0.2) is 26.7 Å². The van der Waals surface area contributed by atoms with Crippen LogP contribution in [0.3, 0.4) is 0 Å². The number of halogens is 2. The number of benzene rings is 1. The van der Waals surface area contributed by atoms with E-state index in [4.69, 9.17) is 0 Å². The van der Waals surface area contributed by atoms with E-state index in [1.54, 1.807) is 32.3 Å². The lowest BCUT2D eigenvalue weighted by Gasteiger charge is -2.12. The SMILES string of the molecule is CN=C(NC)NCc1ccccc1OC(F)F. The zero-order chi connectivity index (χ0) is 12.7. The van der Waals surface area contributed by atoms with E-state index in [1.807, 2.05) is 0 Å². The number of hydrogen-bond donors (Lipinski definition) is 2. The Morgan fingerprint density at radius 3 is 2.71 bits per heavy atom. The molecule has 0 aromatic heterocycles. The molecule has 0 heterocycles. The number of alkyl halides is 2. The lowest BCUT2D eigenvalue weighted by molar-refractivity contribution is -0.0504. The quantitative estimate of drug-likeness (QED) is 0.623. The molecule has 0 aliphatic rings. The zero-order valence-corrected chi connectivity index (χ0v) is 9.71. The van der Waals surface area contributed by atoms with Crippen molar-refractivity contribution in [1.29, 1.82) is 0 Å². The molecule has 1 aromatic rings. The normalized spacial score (nSPS) is 11.5. The van der Waals surface area contributed by atoms with E-state index in [0.29, 0.717) is 18.1 Å². The molecule has 1 aromatic carbocycles. The van der Waals surface area contributed by atoms with Crippen molar-refractivity contribution < 1.29 is 13.5 Å². The molecule has 0 saturated carbocycles. The number of nitrogens with zero attached hydrogens (tertiary/aromatic N) is 1. The molecule has 17 heavy (non-hydrogen) atoms. The van der Waals surface area contributed by atoms with Crippen LogP contribution in [-0.2, 0) is 6.54 Å². The van der Waals surface area contributed by atoms with Crippen molar-refractivity contribution in [3.8, 4) is 5.75 Å². The van der Waals surface area contributed by atoms with E-state index in [0.717, 1.165) is 0 Å². The fourth-order valence-corrected chi connectivity index (χ4v) is 1.32. The summed E-state index contributed by atoms with van der Waals surface area (Å²) < 4.78 is 28.7. The molecule has 0 saturated heterocycles. The first kappa shape index (κ1) is 13.2. The van der Waals surface area contributed by atoms with Gasteiger partial charge < -0.3 is 15.4 Å². The maximum Gasteiger partial charge on any atom is 0.387 e. The Morgan fingerprint density at radius 2 is 2.12 bits per heavy atom. The van der Waals surface area contributed by atoms with Gasteiger partial charge in [0.25, 0.3) is 0 Å². The third-order valence-electron chi connectivity index (χ3n) is 2.10. The van der Waals surface area contributed by atoms with E-state index in [9.17, 15) is 8.78 Å². The first-order chi connectivity index (χ1) is 8.17. The molecule has 0 spiro atoms. The van der Waals surface area contributed by atoms with E-state index >= 15 is 0 Å². The highest BCUT2D eigenvalue weighted by Gasteiger charge is 2.08.